The minimum Gasteiger partial charge on any atom is -0.390 e. The number of anilines is 1. The monoisotopic (exact) mass is 413 g/mol. The van der Waals surface area contributed by atoms with E-state index in [9.17, 15) is 13.5 Å². The van der Waals surface area contributed by atoms with Crippen molar-refractivity contribution in [1.29, 1.82) is 0 Å². The molecule has 2 fully saturated rings. The zero-order valence-electron chi connectivity index (χ0n) is 17.9. The number of hydrogen-bond donors (Lipinski definition) is 1. The number of aliphatic hydroxyl groups is 1. The minimum absolute atomic E-state index is 0.0989. The van der Waals surface area contributed by atoms with E-state index in [4.69, 9.17) is 0 Å². The second kappa shape index (κ2) is 6.58. The summed E-state index contributed by atoms with van der Waals surface area (Å²) < 4.78 is 29.3. The standard InChI is InChI=1S/C24H31NO3S/c1-16-13-17(2)15-18(14-16)25(29(27,28)19-9-7-6-8-10-19)21-20-11-12-24(5,22(21)26)23(20,3)4/h6-10,13-15,20-22,26H,11-12H2,1-5H3/t20-,21-,22-,24+/m1/s1. The Balaban J connectivity index is 1.93. The van der Waals surface area contributed by atoms with Crippen LogP contribution in [0, 0.1) is 30.6 Å². The van der Waals surface area contributed by atoms with Gasteiger partial charge in [0, 0.05) is 5.41 Å². The molecule has 0 saturated heterocycles. The minimum atomic E-state index is -3.83. The molecular formula is C24H31NO3S. The SMILES string of the molecule is Cc1cc(C)cc(N([C@@H]2[C@H]3CC[C@@](C)([C@@H]2O)C3(C)C)S(=O)(=O)c2ccccc2)c1. The summed E-state index contributed by atoms with van der Waals surface area (Å²) in [6.07, 6.45) is 1.14. The quantitative estimate of drug-likeness (QED) is 0.791. The summed E-state index contributed by atoms with van der Waals surface area (Å²) >= 11 is 0. The van der Waals surface area contributed by atoms with Crippen molar-refractivity contribution in [3.63, 3.8) is 0 Å². The van der Waals surface area contributed by atoms with Crippen molar-refractivity contribution in [1.82, 2.24) is 0 Å². The number of fused-ring (bicyclic) bond motifs is 2. The third-order valence-electron chi connectivity index (χ3n) is 7.79. The maximum atomic E-state index is 13.9. The maximum absolute atomic E-state index is 13.9. The van der Waals surface area contributed by atoms with Crippen LogP contribution in [0.15, 0.2) is 53.4 Å². The Morgan fingerprint density at radius 3 is 2.10 bits per heavy atom. The Hall–Kier alpha value is -1.85. The predicted molar refractivity (Wildman–Crippen MR) is 116 cm³/mol. The molecule has 0 spiro atoms. The van der Waals surface area contributed by atoms with Crippen LogP contribution < -0.4 is 4.31 Å². The van der Waals surface area contributed by atoms with Gasteiger partial charge < -0.3 is 5.11 Å². The largest absolute Gasteiger partial charge is 0.390 e. The first-order chi connectivity index (χ1) is 13.5. The van der Waals surface area contributed by atoms with Gasteiger partial charge in [0.05, 0.1) is 22.7 Å². The van der Waals surface area contributed by atoms with E-state index in [2.05, 4.69) is 20.8 Å². The van der Waals surface area contributed by atoms with Gasteiger partial charge in [-0.1, -0.05) is 45.0 Å². The van der Waals surface area contributed by atoms with Crippen molar-refractivity contribution < 1.29 is 13.5 Å². The smallest absolute Gasteiger partial charge is 0.264 e. The average molecular weight is 414 g/mol. The van der Waals surface area contributed by atoms with Crippen LogP contribution in [-0.4, -0.2) is 25.7 Å². The van der Waals surface area contributed by atoms with Crippen LogP contribution in [0.5, 0.6) is 0 Å². The molecule has 0 radical (unpaired) electrons. The zero-order chi connectivity index (χ0) is 21.2. The number of benzene rings is 2. The lowest BCUT2D eigenvalue weighted by Gasteiger charge is -2.40. The molecule has 156 valence electrons. The summed E-state index contributed by atoms with van der Waals surface area (Å²) in [4.78, 5) is 0.261. The number of sulfonamides is 1. The first kappa shape index (κ1) is 20.4. The van der Waals surface area contributed by atoms with Gasteiger partial charge in [-0.05, 0) is 73.4 Å². The van der Waals surface area contributed by atoms with Gasteiger partial charge in [-0.15, -0.1) is 0 Å². The maximum Gasteiger partial charge on any atom is 0.264 e. The summed E-state index contributed by atoms with van der Waals surface area (Å²) in [5.74, 6) is 0.0989. The Labute approximate surface area is 174 Å². The lowest BCUT2D eigenvalue weighted by Crippen LogP contribution is -2.52. The molecule has 2 saturated carbocycles. The molecule has 0 heterocycles. The molecule has 2 bridgehead atoms. The van der Waals surface area contributed by atoms with Crippen molar-refractivity contribution in [3.8, 4) is 0 Å². The highest BCUT2D eigenvalue weighted by molar-refractivity contribution is 7.92. The van der Waals surface area contributed by atoms with Gasteiger partial charge in [-0.2, -0.15) is 0 Å². The first-order valence-corrected chi connectivity index (χ1v) is 11.8. The van der Waals surface area contributed by atoms with E-state index in [-0.39, 0.29) is 21.6 Å². The van der Waals surface area contributed by atoms with Crippen LogP contribution in [0.3, 0.4) is 0 Å². The fourth-order valence-corrected chi connectivity index (χ4v) is 7.53. The second-order valence-electron chi connectivity index (χ2n) is 9.68. The molecule has 4 nitrogen and oxygen atoms in total. The van der Waals surface area contributed by atoms with E-state index < -0.39 is 22.2 Å². The van der Waals surface area contributed by atoms with E-state index in [0.717, 1.165) is 24.0 Å². The van der Waals surface area contributed by atoms with Gasteiger partial charge in [0.2, 0.25) is 0 Å². The normalized spacial score (nSPS) is 30.5. The van der Waals surface area contributed by atoms with Crippen LogP contribution in [-0.2, 0) is 10.0 Å². The molecular weight excluding hydrogens is 382 g/mol. The highest BCUT2D eigenvalue weighted by atomic mass is 32.2. The van der Waals surface area contributed by atoms with Crippen molar-refractivity contribution in [2.75, 3.05) is 4.31 Å². The van der Waals surface area contributed by atoms with E-state index in [1.165, 1.54) is 4.31 Å². The fourth-order valence-electron chi connectivity index (χ4n) is 5.83. The molecule has 4 rings (SSSR count). The molecule has 2 aliphatic carbocycles. The number of aliphatic hydroxyl groups excluding tert-OH is 1. The van der Waals surface area contributed by atoms with Gasteiger partial charge in [-0.25, -0.2) is 8.42 Å². The molecule has 0 aliphatic heterocycles. The van der Waals surface area contributed by atoms with E-state index in [0.29, 0.717) is 5.69 Å². The summed E-state index contributed by atoms with van der Waals surface area (Å²) in [5.41, 5.74) is 2.22. The average Bonchev–Trinajstić information content (AvgIpc) is 2.95. The first-order valence-electron chi connectivity index (χ1n) is 10.4. The molecule has 0 amide bonds. The Morgan fingerprint density at radius 2 is 1.59 bits per heavy atom. The summed E-state index contributed by atoms with van der Waals surface area (Å²) in [5, 5.41) is 11.4. The second-order valence-corrected chi connectivity index (χ2v) is 11.5. The van der Waals surface area contributed by atoms with Gasteiger partial charge in [0.1, 0.15) is 0 Å². The molecule has 2 aromatic carbocycles. The fraction of sp³-hybridized carbons (Fsp3) is 0.500. The molecule has 0 unspecified atom stereocenters. The lowest BCUT2D eigenvalue weighted by molar-refractivity contribution is 0.00654. The summed E-state index contributed by atoms with van der Waals surface area (Å²) in [6.45, 7) is 10.4. The predicted octanol–water partition coefficient (Wildman–Crippen LogP) is 4.68. The third-order valence-corrected chi connectivity index (χ3v) is 9.63. The Kier molecular flexibility index (Phi) is 4.63. The molecule has 4 atom stereocenters. The summed E-state index contributed by atoms with van der Waals surface area (Å²) in [6, 6.07) is 14.0. The Bertz CT molecular complexity index is 1010. The van der Waals surface area contributed by atoms with Gasteiger partial charge in [0.15, 0.2) is 0 Å². The molecule has 29 heavy (non-hydrogen) atoms. The highest BCUT2D eigenvalue weighted by Gasteiger charge is 2.68. The van der Waals surface area contributed by atoms with Crippen LogP contribution in [0.4, 0.5) is 5.69 Å². The number of hydrogen-bond acceptors (Lipinski definition) is 3. The van der Waals surface area contributed by atoms with Gasteiger partial charge in [0.25, 0.3) is 10.0 Å². The van der Waals surface area contributed by atoms with Crippen molar-refractivity contribution in [2.24, 2.45) is 16.7 Å². The van der Waals surface area contributed by atoms with E-state index >= 15 is 0 Å². The number of rotatable bonds is 4. The van der Waals surface area contributed by atoms with Gasteiger partial charge >= 0.3 is 0 Å². The summed E-state index contributed by atoms with van der Waals surface area (Å²) in [7, 11) is -3.83. The van der Waals surface area contributed by atoms with Crippen molar-refractivity contribution >= 4 is 15.7 Å². The van der Waals surface area contributed by atoms with Crippen molar-refractivity contribution in [2.45, 2.75) is 64.5 Å². The molecule has 0 aromatic heterocycles. The van der Waals surface area contributed by atoms with Gasteiger partial charge in [-0.3, -0.25) is 4.31 Å². The topological polar surface area (TPSA) is 57.6 Å². The third kappa shape index (κ3) is 2.85. The number of aryl methyl sites for hydroxylation is 2. The zero-order valence-corrected chi connectivity index (χ0v) is 18.7. The lowest BCUT2D eigenvalue weighted by atomic mass is 9.70. The molecule has 5 heteroatoms. The van der Waals surface area contributed by atoms with Crippen LogP contribution in [0.1, 0.15) is 44.7 Å². The Morgan fingerprint density at radius 1 is 1.00 bits per heavy atom. The molecule has 2 aromatic rings. The number of nitrogens with zero attached hydrogens (tertiary/aromatic N) is 1. The van der Waals surface area contributed by atoms with Crippen LogP contribution in [0.2, 0.25) is 0 Å². The van der Waals surface area contributed by atoms with Crippen LogP contribution in [0.25, 0.3) is 0 Å². The molecule has 2 aliphatic rings. The van der Waals surface area contributed by atoms with E-state index in [1.54, 1.807) is 24.3 Å². The van der Waals surface area contributed by atoms with Crippen LogP contribution >= 0.6 is 0 Å². The van der Waals surface area contributed by atoms with Crippen molar-refractivity contribution in [3.05, 3.63) is 59.7 Å². The highest BCUT2D eigenvalue weighted by Crippen LogP contribution is 2.67. The van der Waals surface area contributed by atoms with E-state index in [1.807, 2.05) is 38.1 Å². The molecule has 1 N–H and O–H groups in total.